The zero-order valence-electron chi connectivity index (χ0n) is 7.46. The number of rotatable bonds is 2. The Labute approximate surface area is 87.8 Å². The second-order valence-electron chi connectivity index (χ2n) is 2.76. The zero-order valence-corrected chi connectivity index (χ0v) is 8.97. The third-order valence-electron chi connectivity index (χ3n) is 1.39. The fraction of sp³-hybridized carbons (Fsp3) is 0.222. The molecule has 4 heteroatoms. The van der Waals surface area contributed by atoms with Gasteiger partial charge in [0.05, 0.1) is 11.2 Å². The van der Waals surface area contributed by atoms with E-state index in [-0.39, 0.29) is 0 Å². The van der Waals surface area contributed by atoms with Crippen molar-refractivity contribution in [2.45, 2.75) is 0 Å². The standard InChI is InChI=1S/C9H10Cl2N2/c1-13(2)12-6-7-3-4-8(10)5-9(7)11/h3-6H,1-2H3. The Kier molecular flexibility index (Phi) is 3.58. The van der Waals surface area contributed by atoms with Gasteiger partial charge in [-0.15, -0.1) is 0 Å². The van der Waals surface area contributed by atoms with Gasteiger partial charge < -0.3 is 5.01 Å². The molecule has 0 aromatic heterocycles. The molecule has 1 aromatic carbocycles. The van der Waals surface area contributed by atoms with E-state index in [1.165, 1.54) is 0 Å². The lowest BCUT2D eigenvalue weighted by Crippen LogP contribution is -2.01. The summed E-state index contributed by atoms with van der Waals surface area (Å²) in [6.45, 7) is 0. The lowest BCUT2D eigenvalue weighted by Gasteiger charge is -2.03. The van der Waals surface area contributed by atoms with E-state index in [2.05, 4.69) is 5.10 Å². The van der Waals surface area contributed by atoms with Crippen LogP contribution in [0.3, 0.4) is 0 Å². The fourth-order valence-electron chi connectivity index (χ4n) is 0.784. The highest BCUT2D eigenvalue weighted by Gasteiger charge is 1.97. The highest BCUT2D eigenvalue weighted by Crippen LogP contribution is 2.19. The Bertz CT molecular complexity index is 321. The zero-order chi connectivity index (χ0) is 9.84. The largest absolute Gasteiger partial charge is 0.303 e. The molecule has 0 radical (unpaired) electrons. The van der Waals surface area contributed by atoms with Gasteiger partial charge in [0, 0.05) is 24.7 Å². The molecule has 1 rings (SSSR count). The van der Waals surface area contributed by atoms with Crippen LogP contribution in [0.4, 0.5) is 0 Å². The normalized spacial score (nSPS) is 10.8. The molecule has 0 amide bonds. The van der Waals surface area contributed by atoms with E-state index in [4.69, 9.17) is 23.2 Å². The van der Waals surface area contributed by atoms with Gasteiger partial charge >= 0.3 is 0 Å². The van der Waals surface area contributed by atoms with Crippen molar-refractivity contribution in [1.29, 1.82) is 0 Å². The Morgan fingerprint density at radius 1 is 1.31 bits per heavy atom. The predicted molar refractivity (Wildman–Crippen MR) is 57.7 cm³/mol. The summed E-state index contributed by atoms with van der Waals surface area (Å²) in [6, 6.07) is 5.31. The maximum Gasteiger partial charge on any atom is 0.0557 e. The van der Waals surface area contributed by atoms with Crippen molar-refractivity contribution in [3.63, 3.8) is 0 Å². The fourth-order valence-corrected chi connectivity index (χ4v) is 1.24. The van der Waals surface area contributed by atoms with Crippen LogP contribution in [0.2, 0.25) is 10.0 Å². The lowest BCUT2D eigenvalue weighted by molar-refractivity contribution is 0.440. The molecule has 0 aliphatic heterocycles. The molecular weight excluding hydrogens is 207 g/mol. The monoisotopic (exact) mass is 216 g/mol. The summed E-state index contributed by atoms with van der Waals surface area (Å²) in [7, 11) is 3.70. The lowest BCUT2D eigenvalue weighted by atomic mass is 10.2. The number of hydrogen-bond donors (Lipinski definition) is 0. The molecule has 0 fully saturated rings. The molecule has 0 unspecified atom stereocenters. The van der Waals surface area contributed by atoms with Crippen LogP contribution in [0.5, 0.6) is 0 Å². The van der Waals surface area contributed by atoms with Gasteiger partial charge in [0.2, 0.25) is 0 Å². The van der Waals surface area contributed by atoms with Crippen molar-refractivity contribution in [3.05, 3.63) is 33.8 Å². The minimum Gasteiger partial charge on any atom is -0.303 e. The summed E-state index contributed by atoms with van der Waals surface area (Å²) in [5.41, 5.74) is 0.861. The maximum absolute atomic E-state index is 5.92. The average Bonchev–Trinajstić information content (AvgIpc) is 2.02. The van der Waals surface area contributed by atoms with Crippen LogP contribution in [0.15, 0.2) is 23.3 Å². The van der Waals surface area contributed by atoms with Crippen LogP contribution >= 0.6 is 23.2 Å². The van der Waals surface area contributed by atoms with Gasteiger partial charge in [0.1, 0.15) is 0 Å². The van der Waals surface area contributed by atoms with Gasteiger partial charge in [0.15, 0.2) is 0 Å². The number of nitrogens with zero attached hydrogens (tertiary/aromatic N) is 2. The molecule has 0 bridgehead atoms. The van der Waals surface area contributed by atoms with Crippen molar-refractivity contribution in [2.75, 3.05) is 14.1 Å². The minimum atomic E-state index is 0.609. The molecule has 0 saturated carbocycles. The second kappa shape index (κ2) is 4.49. The molecule has 0 heterocycles. The van der Waals surface area contributed by atoms with Crippen LogP contribution in [0.25, 0.3) is 0 Å². The van der Waals surface area contributed by atoms with E-state index in [0.29, 0.717) is 10.0 Å². The molecular formula is C9H10Cl2N2. The van der Waals surface area contributed by atoms with Crippen molar-refractivity contribution in [1.82, 2.24) is 5.01 Å². The maximum atomic E-state index is 5.92. The number of benzene rings is 1. The summed E-state index contributed by atoms with van der Waals surface area (Å²) in [5.74, 6) is 0. The van der Waals surface area contributed by atoms with Gasteiger partial charge in [-0.3, -0.25) is 0 Å². The molecule has 1 aromatic rings. The third-order valence-corrected chi connectivity index (χ3v) is 1.95. The summed E-state index contributed by atoms with van der Waals surface area (Å²) in [6.07, 6.45) is 1.69. The molecule has 0 aliphatic rings. The quantitative estimate of drug-likeness (QED) is 0.549. The van der Waals surface area contributed by atoms with Gasteiger partial charge in [-0.25, -0.2) is 0 Å². The first kappa shape index (κ1) is 10.4. The van der Waals surface area contributed by atoms with Gasteiger partial charge in [0.25, 0.3) is 0 Å². The molecule has 0 saturated heterocycles. The summed E-state index contributed by atoms with van der Waals surface area (Å²) in [4.78, 5) is 0. The van der Waals surface area contributed by atoms with E-state index in [9.17, 15) is 0 Å². The van der Waals surface area contributed by atoms with E-state index in [0.717, 1.165) is 5.56 Å². The predicted octanol–water partition coefficient (Wildman–Crippen LogP) is 2.89. The summed E-state index contributed by atoms with van der Waals surface area (Å²) < 4.78 is 0. The third kappa shape index (κ3) is 3.25. The highest BCUT2D eigenvalue weighted by molar-refractivity contribution is 6.36. The minimum absolute atomic E-state index is 0.609. The summed E-state index contributed by atoms with van der Waals surface area (Å²) in [5, 5.41) is 7.01. The average molecular weight is 217 g/mol. The molecule has 0 atom stereocenters. The highest BCUT2D eigenvalue weighted by atomic mass is 35.5. The van der Waals surface area contributed by atoms with Crippen LogP contribution in [-0.2, 0) is 0 Å². The van der Waals surface area contributed by atoms with E-state index in [1.807, 2.05) is 20.2 Å². The first-order valence-corrected chi connectivity index (χ1v) is 4.51. The first-order valence-electron chi connectivity index (χ1n) is 3.76. The number of hydrazone groups is 1. The Hall–Kier alpha value is -0.730. The van der Waals surface area contributed by atoms with Crippen molar-refractivity contribution >= 4 is 29.4 Å². The van der Waals surface area contributed by atoms with Crippen LogP contribution in [0, 0.1) is 0 Å². The van der Waals surface area contributed by atoms with Crippen LogP contribution < -0.4 is 0 Å². The Balaban J connectivity index is 2.90. The van der Waals surface area contributed by atoms with E-state index < -0.39 is 0 Å². The molecule has 13 heavy (non-hydrogen) atoms. The van der Waals surface area contributed by atoms with Crippen molar-refractivity contribution < 1.29 is 0 Å². The van der Waals surface area contributed by atoms with Crippen LogP contribution in [-0.4, -0.2) is 25.3 Å². The Morgan fingerprint density at radius 3 is 2.54 bits per heavy atom. The van der Waals surface area contributed by atoms with Crippen molar-refractivity contribution in [3.8, 4) is 0 Å². The first-order chi connectivity index (χ1) is 6.09. The summed E-state index contributed by atoms with van der Waals surface area (Å²) >= 11 is 11.7. The van der Waals surface area contributed by atoms with Crippen molar-refractivity contribution in [2.24, 2.45) is 5.10 Å². The Morgan fingerprint density at radius 2 is 2.00 bits per heavy atom. The topological polar surface area (TPSA) is 15.6 Å². The van der Waals surface area contributed by atoms with Gasteiger partial charge in [-0.1, -0.05) is 29.3 Å². The molecule has 0 aliphatic carbocycles. The van der Waals surface area contributed by atoms with Gasteiger partial charge in [-0.2, -0.15) is 5.10 Å². The number of halogens is 2. The molecule has 0 N–H and O–H groups in total. The van der Waals surface area contributed by atoms with E-state index >= 15 is 0 Å². The molecule has 2 nitrogen and oxygen atoms in total. The van der Waals surface area contributed by atoms with Crippen LogP contribution in [0.1, 0.15) is 5.56 Å². The smallest absolute Gasteiger partial charge is 0.0557 e. The molecule has 70 valence electrons. The second-order valence-corrected chi connectivity index (χ2v) is 3.60. The molecule has 0 spiro atoms. The number of hydrogen-bond acceptors (Lipinski definition) is 2. The van der Waals surface area contributed by atoms with Gasteiger partial charge in [-0.05, 0) is 12.1 Å². The SMILES string of the molecule is CN(C)N=Cc1ccc(Cl)cc1Cl. The van der Waals surface area contributed by atoms with E-state index in [1.54, 1.807) is 23.4 Å².